The lowest BCUT2D eigenvalue weighted by Crippen LogP contribution is -2.59. The molecule has 0 radical (unpaired) electrons. The van der Waals surface area contributed by atoms with Crippen molar-refractivity contribution >= 4 is 30.1 Å². The lowest BCUT2D eigenvalue weighted by Gasteiger charge is -2.31. The Hall–Kier alpha value is -3.47. The Kier molecular flexibility index (Phi) is 12.4. The molecule has 1 heterocycles. The van der Waals surface area contributed by atoms with Gasteiger partial charge in [-0.2, -0.15) is 0 Å². The van der Waals surface area contributed by atoms with E-state index in [2.05, 4.69) is 21.3 Å². The maximum absolute atomic E-state index is 13.4. The Balaban J connectivity index is 2.09. The molecule has 1 saturated heterocycles. The van der Waals surface area contributed by atoms with E-state index in [-0.39, 0.29) is 24.9 Å². The number of nitrogens with one attached hydrogen (secondary N) is 4. The predicted molar refractivity (Wildman–Crippen MR) is 144 cm³/mol. The zero-order chi connectivity index (χ0) is 29.0. The Morgan fingerprint density at radius 2 is 1.79 bits per heavy atom. The summed E-state index contributed by atoms with van der Waals surface area (Å²) in [4.78, 5) is 62.6. The molecule has 216 valence electrons. The lowest BCUT2D eigenvalue weighted by molar-refractivity contribution is -0.135. The number of amides is 4. The third kappa shape index (κ3) is 11.0. The monoisotopic (exact) mass is 546 g/mol. The third-order valence-corrected chi connectivity index (χ3v) is 6.18. The zero-order valence-electron chi connectivity index (χ0n) is 23.5. The van der Waals surface area contributed by atoms with Gasteiger partial charge in [-0.05, 0) is 52.5 Å². The van der Waals surface area contributed by atoms with Crippen LogP contribution in [0.3, 0.4) is 0 Å². The molecular formula is C28H42N4O7. The Labute approximate surface area is 230 Å². The minimum absolute atomic E-state index is 0.0164. The van der Waals surface area contributed by atoms with Crippen molar-refractivity contribution in [3.05, 3.63) is 35.9 Å². The summed E-state index contributed by atoms with van der Waals surface area (Å²) < 4.78 is 11.2. The van der Waals surface area contributed by atoms with E-state index in [0.29, 0.717) is 32.1 Å². The number of aldehydes is 1. The maximum Gasteiger partial charge on any atom is 0.408 e. The second-order valence-electron chi connectivity index (χ2n) is 10.7. The SMILES string of the molecule is CCC[C@H](NC(=O)[C@@H](NC(=O)OCc1ccccc1)C(C)OC(C)(C)C)C(=O)N[C@H](C=O)C[C@@H]1CCNC1=O. The van der Waals surface area contributed by atoms with Gasteiger partial charge in [-0.25, -0.2) is 4.79 Å². The highest BCUT2D eigenvalue weighted by Gasteiger charge is 2.34. The molecule has 39 heavy (non-hydrogen) atoms. The van der Waals surface area contributed by atoms with E-state index in [4.69, 9.17) is 9.47 Å². The Morgan fingerprint density at radius 1 is 1.10 bits per heavy atom. The number of ether oxygens (including phenoxy) is 2. The molecule has 5 atom stereocenters. The van der Waals surface area contributed by atoms with Gasteiger partial charge in [-0.15, -0.1) is 0 Å². The molecule has 1 aliphatic heterocycles. The fourth-order valence-electron chi connectivity index (χ4n) is 4.34. The quantitative estimate of drug-likeness (QED) is 0.260. The summed E-state index contributed by atoms with van der Waals surface area (Å²) in [6.07, 6.45) is 0.669. The van der Waals surface area contributed by atoms with Gasteiger partial charge in [0.25, 0.3) is 0 Å². The summed E-state index contributed by atoms with van der Waals surface area (Å²) in [5, 5.41) is 10.6. The first-order valence-electron chi connectivity index (χ1n) is 13.4. The fourth-order valence-corrected chi connectivity index (χ4v) is 4.34. The molecule has 11 heteroatoms. The van der Waals surface area contributed by atoms with Crippen molar-refractivity contribution in [3.8, 4) is 0 Å². The molecule has 4 N–H and O–H groups in total. The number of carbonyl (C=O) groups is 5. The minimum atomic E-state index is -1.16. The first kappa shape index (κ1) is 31.7. The van der Waals surface area contributed by atoms with Gasteiger partial charge in [0.15, 0.2) is 0 Å². The first-order valence-corrected chi connectivity index (χ1v) is 13.4. The van der Waals surface area contributed by atoms with Gasteiger partial charge in [0.05, 0.1) is 17.7 Å². The number of hydrogen-bond acceptors (Lipinski definition) is 7. The van der Waals surface area contributed by atoms with E-state index in [1.165, 1.54) is 0 Å². The van der Waals surface area contributed by atoms with Crippen LogP contribution in [-0.2, 0) is 35.3 Å². The molecule has 4 amide bonds. The van der Waals surface area contributed by atoms with Crippen LogP contribution in [0.2, 0.25) is 0 Å². The summed E-state index contributed by atoms with van der Waals surface area (Å²) in [6.45, 7) is 9.53. The molecule has 0 aromatic heterocycles. The topological polar surface area (TPSA) is 152 Å². The average molecular weight is 547 g/mol. The van der Waals surface area contributed by atoms with E-state index in [0.717, 1.165) is 5.56 Å². The average Bonchev–Trinajstić information content (AvgIpc) is 3.28. The normalized spacial score (nSPS) is 18.2. The van der Waals surface area contributed by atoms with Gasteiger partial charge in [0.1, 0.15) is 25.0 Å². The first-order chi connectivity index (χ1) is 18.4. The number of benzene rings is 1. The van der Waals surface area contributed by atoms with Gasteiger partial charge in [-0.3, -0.25) is 14.4 Å². The van der Waals surface area contributed by atoms with Crippen LogP contribution in [0.1, 0.15) is 65.9 Å². The highest BCUT2D eigenvalue weighted by atomic mass is 16.6. The van der Waals surface area contributed by atoms with Crippen molar-refractivity contribution in [2.75, 3.05) is 6.54 Å². The molecule has 0 aliphatic carbocycles. The molecule has 1 unspecified atom stereocenters. The molecule has 0 saturated carbocycles. The number of carbonyl (C=O) groups excluding carboxylic acids is 5. The van der Waals surface area contributed by atoms with Crippen LogP contribution >= 0.6 is 0 Å². The zero-order valence-corrected chi connectivity index (χ0v) is 23.5. The van der Waals surface area contributed by atoms with Crippen molar-refractivity contribution in [1.82, 2.24) is 21.3 Å². The molecule has 1 aromatic carbocycles. The van der Waals surface area contributed by atoms with Gasteiger partial charge < -0.3 is 35.5 Å². The molecular weight excluding hydrogens is 504 g/mol. The van der Waals surface area contributed by atoms with Crippen LogP contribution in [0.5, 0.6) is 0 Å². The van der Waals surface area contributed by atoms with Gasteiger partial charge in [0.2, 0.25) is 17.7 Å². The predicted octanol–water partition coefficient (Wildman–Crippen LogP) is 1.98. The molecule has 0 bridgehead atoms. The summed E-state index contributed by atoms with van der Waals surface area (Å²) in [7, 11) is 0. The van der Waals surface area contributed by atoms with Crippen LogP contribution < -0.4 is 21.3 Å². The Bertz CT molecular complexity index is 980. The Morgan fingerprint density at radius 3 is 2.36 bits per heavy atom. The highest BCUT2D eigenvalue weighted by molar-refractivity contribution is 5.92. The molecule has 1 aliphatic rings. The van der Waals surface area contributed by atoms with E-state index in [9.17, 15) is 24.0 Å². The van der Waals surface area contributed by atoms with Crippen LogP contribution in [0, 0.1) is 5.92 Å². The second kappa shape index (κ2) is 15.2. The van der Waals surface area contributed by atoms with Gasteiger partial charge in [-0.1, -0.05) is 43.7 Å². The second-order valence-corrected chi connectivity index (χ2v) is 10.7. The number of hydrogen-bond donors (Lipinski definition) is 4. The maximum atomic E-state index is 13.4. The largest absolute Gasteiger partial charge is 0.445 e. The third-order valence-electron chi connectivity index (χ3n) is 6.18. The standard InChI is InChI=1S/C28H42N4O7/c1-6-10-22(25(35)30-21(16-33)15-20-13-14-29-24(20)34)31-26(36)23(18(2)39-28(3,4)5)32-27(37)38-17-19-11-8-7-9-12-19/h7-9,11-12,16,18,20-23H,6,10,13-15,17H2,1-5H3,(H,29,34)(H,30,35)(H,31,36)(H,32,37)/t18?,20-,21-,22-,23-/m0/s1. The summed E-state index contributed by atoms with van der Waals surface area (Å²) >= 11 is 0. The molecule has 11 nitrogen and oxygen atoms in total. The van der Waals surface area contributed by atoms with E-state index < -0.39 is 47.7 Å². The smallest absolute Gasteiger partial charge is 0.408 e. The summed E-state index contributed by atoms with van der Waals surface area (Å²) in [5.41, 5.74) is 0.171. The molecule has 1 fully saturated rings. The van der Waals surface area contributed by atoms with Crippen molar-refractivity contribution in [1.29, 1.82) is 0 Å². The minimum Gasteiger partial charge on any atom is -0.445 e. The lowest BCUT2D eigenvalue weighted by atomic mass is 9.98. The molecule has 0 spiro atoms. The van der Waals surface area contributed by atoms with Crippen LogP contribution in [0.25, 0.3) is 0 Å². The molecule has 2 rings (SSSR count). The molecule has 1 aromatic rings. The van der Waals surface area contributed by atoms with Crippen molar-refractivity contribution in [2.45, 2.75) is 96.7 Å². The van der Waals surface area contributed by atoms with Crippen LogP contribution in [-0.4, -0.2) is 66.5 Å². The van der Waals surface area contributed by atoms with Crippen molar-refractivity contribution in [3.63, 3.8) is 0 Å². The summed E-state index contributed by atoms with van der Waals surface area (Å²) in [6, 6.07) is 6.11. The van der Waals surface area contributed by atoms with Gasteiger partial charge >= 0.3 is 6.09 Å². The van der Waals surface area contributed by atoms with Crippen LogP contribution in [0.15, 0.2) is 30.3 Å². The van der Waals surface area contributed by atoms with Crippen LogP contribution in [0.4, 0.5) is 4.79 Å². The number of alkyl carbamates (subject to hydrolysis) is 1. The van der Waals surface area contributed by atoms with E-state index in [1.807, 2.05) is 58.0 Å². The highest BCUT2D eigenvalue weighted by Crippen LogP contribution is 2.16. The van der Waals surface area contributed by atoms with Crippen molar-refractivity contribution < 1.29 is 33.4 Å². The summed E-state index contributed by atoms with van der Waals surface area (Å²) in [5.74, 6) is -1.67. The number of rotatable bonds is 14. The van der Waals surface area contributed by atoms with E-state index in [1.54, 1.807) is 6.92 Å². The fraction of sp³-hybridized carbons (Fsp3) is 0.607. The van der Waals surface area contributed by atoms with Crippen molar-refractivity contribution in [2.24, 2.45) is 5.92 Å². The van der Waals surface area contributed by atoms with E-state index >= 15 is 0 Å². The van der Waals surface area contributed by atoms with Gasteiger partial charge in [0, 0.05) is 12.5 Å².